The molecule has 0 amide bonds. The van der Waals surface area contributed by atoms with Crippen LogP contribution >= 0.6 is 0 Å². The van der Waals surface area contributed by atoms with E-state index in [1.807, 2.05) is 18.2 Å². The summed E-state index contributed by atoms with van der Waals surface area (Å²) >= 11 is 0. The number of carboxylic acid groups (broad SMARTS) is 1. The third kappa shape index (κ3) is 3.57. The number of hydrogen-bond donors (Lipinski definition) is 2. The van der Waals surface area contributed by atoms with Gasteiger partial charge in [-0.05, 0) is 24.3 Å². The number of carbonyl (C=O) groups is 1. The lowest BCUT2D eigenvalue weighted by Gasteiger charge is -2.31. The van der Waals surface area contributed by atoms with Gasteiger partial charge in [-0.3, -0.25) is 10.1 Å². The van der Waals surface area contributed by atoms with E-state index in [9.17, 15) is 4.79 Å². The van der Waals surface area contributed by atoms with Crippen LogP contribution in [-0.4, -0.2) is 17.6 Å². The molecule has 3 nitrogen and oxygen atoms in total. The van der Waals surface area contributed by atoms with Crippen LogP contribution in [0.25, 0.3) is 0 Å². The summed E-state index contributed by atoms with van der Waals surface area (Å²) in [5.74, 6) is -0.216. The molecule has 3 heteroatoms. The van der Waals surface area contributed by atoms with Gasteiger partial charge in [0.25, 0.3) is 0 Å². The molecule has 1 fully saturated rings. The van der Waals surface area contributed by atoms with Crippen molar-refractivity contribution in [3.63, 3.8) is 0 Å². The predicted octanol–water partition coefficient (Wildman–Crippen LogP) is 2.98. The normalized spacial score (nSPS) is 18.4. The highest BCUT2D eigenvalue weighted by Crippen LogP contribution is 2.34. The highest BCUT2D eigenvalue weighted by Gasteiger charge is 2.24. The van der Waals surface area contributed by atoms with E-state index in [2.05, 4.69) is 17.4 Å². The number of rotatable bonds is 5. The third-order valence-electron chi connectivity index (χ3n) is 3.75. The summed E-state index contributed by atoms with van der Waals surface area (Å²) in [6.45, 7) is 0.0378. The number of benzene rings is 1. The Kier molecular flexibility index (Phi) is 4.76. The molecule has 0 heterocycles. The Labute approximate surface area is 108 Å². The molecular formula is C15H21NO2. The van der Waals surface area contributed by atoms with Gasteiger partial charge in [0.15, 0.2) is 0 Å². The predicted molar refractivity (Wildman–Crippen MR) is 71.4 cm³/mol. The molecule has 0 radical (unpaired) electrons. The molecule has 0 bridgehead atoms. The smallest absolute Gasteiger partial charge is 0.317 e. The fourth-order valence-corrected chi connectivity index (χ4v) is 2.88. The van der Waals surface area contributed by atoms with Crippen LogP contribution in [-0.2, 0) is 4.79 Å². The lowest BCUT2D eigenvalue weighted by Crippen LogP contribution is -2.33. The number of aliphatic carboxylic acids is 1. The minimum Gasteiger partial charge on any atom is -0.480 e. The van der Waals surface area contributed by atoms with Crippen molar-refractivity contribution in [2.75, 3.05) is 6.54 Å². The van der Waals surface area contributed by atoms with Crippen molar-refractivity contribution >= 4 is 5.97 Å². The van der Waals surface area contributed by atoms with Gasteiger partial charge in [0.1, 0.15) is 0 Å². The van der Waals surface area contributed by atoms with Gasteiger partial charge in [0.05, 0.1) is 6.54 Å². The lowest BCUT2D eigenvalue weighted by molar-refractivity contribution is -0.136. The molecular weight excluding hydrogens is 226 g/mol. The van der Waals surface area contributed by atoms with Gasteiger partial charge in [-0.2, -0.15) is 0 Å². The summed E-state index contributed by atoms with van der Waals surface area (Å²) < 4.78 is 0. The molecule has 1 atom stereocenters. The summed E-state index contributed by atoms with van der Waals surface area (Å²) in [5.41, 5.74) is 1.21. The molecule has 18 heavy (non-hydrogen) atoms. The zero-order valence-corrected chi connectivity index (χ0v) is 10.6. The minimum atomic E-state index is -0.785. The van der Waals surface area contributed by atoms with Gasteiger partial charge in [-0.1, -0.05) is 49.6 Å². The molecule has 0 aromatic heterocycles. The van der Waals surface area contributed by atoms with Crippen molar-refractivity contribution in [3.8, 4) is 0 Å². The van der Waals surface area contributed by atoms with Crippen LogP contribution in [0.15, 0.2) is 30.3 Å². The van der Waals surface area contributed by atoms with Crippen LogP contribution in [0, 0.1) is 5.92 Å². The molecule has 0 aliphatic heterocycles. The Hall–Kier alpha value is -1.35. The zero-order valence-electron chi connectivity index (χ0n) is 10.6. The van der Waals surface area contributed by atoms with E-state index in [1.165, 1.54) is 37.7 Å². The lowest BCUT2D eigenvalue weighted by atomic mass is 9.81. The van der Waals surface area contributed by atoms with Gasteiger partial charge < -0.3 is 5.11 Å². The molecule has 1 unspecified atom stereocenters. The maximum Gasteiger partial charge on any atom is 0.317 e. The van der Waals surface area contributed by atoms with Gasteiger partial charge >= 0.3 is 5.97 Å². The molecule has 1 aromatic rings. The van der Waals surface area contributed by atoms with E-state index >= 15 is 0 Å². The molecule has 1 aromatic carbocycles. The molecule has 2 rings (SSSR count). The summed E-state index contributed by atoms with van der Waals surface area (Å²) in [4.78, 5) is 10.8. The molecule has 1 aliphatic rings. The van der Waals surface area contributed by atoms with Crippen LogP contribution in [0.5, 0.6) is 0 Å². The van der Waals surface area contributed by atoms with E-state index in [-0.39, 0.29) is 12.6 Å². The minimum absolute atomic E-state index is 0.0378. The van der Waals surface area contributed by atoms with Gasteiger partial charge in [0, 0.05) is 6.04 Å². The maximum absolute atomic E-state index is 10.8. The monoisotopic (exact) mass is 247 g/mol. The first kappa shape index (κ1) is 13.1. The van der Waals surface area contributed by atoms with Gasteiger partial charge in [-0.25, -0.2) is 0 Å². The van der Waals surface area contributed by atoms with Crippen molar-refractivity contribution in [1.82, 2.24) is 5.32 Å². The van der Waals surface area contributed by atoms with E-state index in [1.54, 1.807) is 0 Å². The first-order chi connectivity index (χ1) is 8.77. The van der Waals surface area contributed by atoms with E-state index in [0.717, 1.165) is 0 Å². The molecule has 2 N–H and O–H groups in total. The van der Waals surface area contributed by atoms with Crippen molar-refractivity contribution in [1.29, 1.82) is 0 Å². The van der Waals surface area contributed by atoms with Crippen molar-refractivity contribution in [3.05, 3.63) is 35.9 Å². The maximum atomic E-state index is 10.8. The second-order valence-electron chi connectivity index (χ2n) is 5.06. The summed E-state index contributed by atoms with van der Waals surface area (Å²) in [7, 11) is 0. The quantitative estimate of drug-likeness (QED) is 0.841. The van der Waals surface area contributed by atoms with Crippen molar-refractivity contribution < 1.29 is 9.90 Å². The average molecular weight is 247 g/mol. The molecule has 98 valence electrons. The SMILES string of the molecule is O=C(O)CNC(c1ccccc1)C1CCCCC1. The van der Waals surface area contributed by atoms with E-state index < -0.39 is 5.97 Å². The highest BCUT2D eigenvalue weighted by atomic mass is 16.4. The van der Waals surface area contributed by atoms with Crippen molar-refractivity contribution in [2.24, 2.45) is 5.92 Å². The zero-order chi connectivity index (χ0) is 12.8. The second kappa shape index (κ2) is 6.55. The summed E-state index contributed by atoms with van der Waals surface area (Å²) in [5, 5.41) is 12.1. The Morgan fingerprint density at radius 1 is 1.22 bits per heavy atom. The van der Waals surface area contributed by atoms with Gasteiger partial charge in [0.2, 0.25) is 0 Å². The van der Waals surface area contributed by atoms with Crippen LogP contribution in [0.2, 0.25) is 0 Å². The van der Waals surface area contributed by atoms with Crippen LogP contribution < -0.4 is 5.32 Å². The van der Waals surface area contributed by atoms with Crippen LogP contribution in [0.1, 0.15) is 43.7 Å². The Morgan fingerprint density at radius 2 is 1.89 bits per heavy atom. The fraction of sp³-hybridized carbons (Fsp3) is 0.533. The van der Waals surface area contributed by atoms with Gasteiger partial charge in [-0.15, -0.1) is 0 Å². The van der Waals surface area contributed by atoms with E-state index in [0.29, 0.717) is 5.92 Å². The molecule has 1 saturated carbocycles. The largest absolute Gasteiger partial charge is 0.480 e. The molecule has 0 saturated heterocycles. The Morgan fingerprint density at radius 3 is 2.50 bits per heavy atom. The highest BCUT2D eigenvalue weighted by molar-refractivity contribution is 5.69. The fourth-order valence-electron chi connectivity index (χ4n) is 2.88. The topological polar surface area (TPSA) is 49.3 Å². The van der Waals surface area contributed by atoms with E-state index in [4.69, 9.17) is 5.11 Å². The first-order valence-corrected chi connectivity index (χ1v) is 6.77. The number of hydrogen-bond acceptors (Lipinski definition) is 2. The van der Waals surface area contributed by atoms with Crippen LogP contribution in [0.3, 0.4) is 0 Å². The summed E-state index contributed by atoms with van der Waals surface area (Å²) in [6.07, 6.45) is 6.25. The molecule has 1 aliphatic carbocycles. The number of nitrogens with one attached hydrogen (secondary N) is 1. The van der Waals surface area contributed by atoms with Crippen LogP contribution in [0.4, 0.5) is 0 Å². The van der Waals surface area contributed by atoms with Crippen molar-refractivity contribution in [2.45, 2.75) is 38.1 Å². The Bertz CT molecular complexity index is 371. The average Bonchev–Trinajstić information content (AvgIpc) is 2.41. The third-order valence-corrected chi connectivity index (χ3v) is 3.75. The standard InChI is InChI=1S/C15H21NO2/c17-14(18)11-16-15(12-7-3-1-4-8-12)13-9-5-2-6-10-13/h1,3-4,7-8,13,15-16H,2,5-6,9-11H2,(H,17,18). The first-order valence-electron chi connectivity index (χ1n) is 6.77. The Balaban J connectivity index is 2.08. The second-order valence-corrected chi connectivity index (χ2v) is 5.06. The summed E-state index contributed by atoms with van der Waals surface area (Å²) in [6, 6.07) is 10.4. The number of carboxylic acids is 1. The molecule has 0 spiro atoms.